The van der Waals surface area contributed by atoms with Crippen LogP contribution in [0, 0.1) is 0 Å². The van der Waals surface area contributed by atoms with Gasteiger partial charge in [-0.2, -0.15) is 0 Å². The first-order valence-corrected chi connectivity index (χ1v) is 10.4. The highest BCUT2D eigenvalue weighted by molar-refractivity contribution is 7.99. The van der Waals surface area contributed by atoms with Crippen LogP contribution in [0.15, 0.2) is 5.16 Å². The average molecular weight is 366 g/mol. The summed E-state index contributed by atoms with van der Waals surface area (Å²) in [4.78, 5) is 23.1. The lowest BCUT2D eigenvalue weighted by molar-refractivity contribution is -0.140. The number of thiophene rings is 1. The molecule has 0 radical (unpaired) electrons. The van der Waals surface area contributed by atoms with Crippen molar-refractivity contribution in [2.75, 3.05) is 18.1 Å². The van der Waals surface area contributed by atoms with Gasteiger partial charge < -0.3 is 10.5 Å². The van der Waals surface area contributed by atoms with Crippen molar-refractivity contribution in [2.45, 2.75) is 57.0 Å². The highest BCUT2D eigenvalue weighted by Crippen LogP contribution is 2.38. The van der Waals surface area contributed by atoms with E-state index in [1.165, 1.54) is 35.0 Å². The van der Waals surface area contributed by atoms with Crippen LogP contribution in [0.1, 0.15) is 49.5 Å². The van der Waals surface area contributed by atoms with Crippen molar-refractivity contribution in [3.63, 3.8) is 0 Å². The molecule has 0 atom stereocenters. The maximum Gasteiger partial charge on any atom is 0.316 e. The molecule has 2 N–H and O–H groups in total. The Morgan fingerprint density at radius 1 is 1.29 bits per heavy atom. The van der Waals surface area contributed by atoms with Gasteiger partial charge in [0.2, 0.25) is 0 Å². The number of fused-ring (bicyclic) bond motifs is 3. The first-order chi connectivity index (χ1) is 11.7. The Hall–Kier alpha value is -1.34. The van der Waals surface area contributed by atoms with Gasteiger partial charge in [0.15, 0.2) is 5.16 Å². The Morgan fingerprint density at radius 3 is 2.96 bits per heavy atom. The summed E-state index contributed by atoms with van der Waals surface area (Å²) in [6.07, 6.45) is 7.74. The number of anilines is 1. The number of ether oxygens (including phenoxy) is 1. The second-order valence-corrected chi connectivity index (χ2v) is 8.02. The number of nitrogens with zero attached hydrogens (tertiary/aromatic N) is 2. The molecule has 24 heavy (non-hydrogen) atoms. The molecule has 0 aliphatic heterocycles. The number of carbonyl (C=O) groups is 1. The molecule has 7 heteroatoms. The maximum atomic E-state index is 11.8. The number of thioether (sulfide) groups is 1. The first kappa shape index (κ1) is 17.5. The Labute approximate surface area is 150 Å². The summed E-state index contributed by atoms with van der Waals surface area (Å²) in [7, 11) is 0. The minimum absolute atomic E-state index is 0.219. The maximum absolute atomic E-state index is 11.8. The zero-order chi connectivity index (χ0) is 16.9. The van der Waals surface area contributed by atoms with Crippen molar-refractivity contribution < 1.29 is 9.53 Å². The Bertz CT molecular complexity index is 730. The number of aryl methyl sites for hydroxylation is 2. The fraction of sp³-hybridized carbons (Fsp3) is 0.588. The van der Waals surface area contributed by atoms with Crippen LogP contribution in [0.25, 0.3) is 10.2 Å². The molecule has 1 aliphatic carbocycles. The Kier molecular flexibility index (Phi) is 5.94. The molecule has 0 amide bonds. The summed E-state index contributed by atoms with van der Waals surface area (Å²) in [5, 5.41) is 1.59. The van der Waals surface area contributed by atoms with E-state index in [0.29, 0.717) is 17.6 Å². The quantitative estimate of drug-likeness (QED) is 0.346. The van der Waals surface area contributed by atoms with Crippen molar-refractivity contribution in [2.24, 2.45) is 0 Å². The lowest BCUT2D eigenvalue weighted by Gasteiger charge is -2.10. The number of rotatable bonds is 7. The van der Waals surface area contributed by atoms with Crippen LogP contribution in [0.5, 0.6) is 0 Å². The number of nitrogen functional groups attached to an aromatic ring is 1. The molecule has 1 aliphatic rings. The van der Waals surface area contributed by atoms with Gasteiger partial charge in [-0.1, -0.05) is 31.5 Å². The summed E-state index contributed by atoms with van der Waals surface area (Å²) in [5.41, 5.74) is 7.51. The predicted octanol–water partition coefficient (Wildman–Crippen LogP) is 3.98. The van der Waals surface area contributed by atoms with E-state index in [2.05, 4.69) is 16.9 Å². The van der Waals surface area contributed by atoms with Gasteiger partial charge in [0.05, 0.1) is 17.7 Å². The molecular formula is C17H23N3O2S2. The third kappa shape index (κ3) is 4.00. The number of carbonyl (C=O) groups excluding carboxylic acids is 1. The number of nitrogens with two attached hydrogens (primary N) is 1. The molecule has 2 aromatic heterocycles. The Morgan fingerprint density at radius 2 is 2.12 bits per heavy atom. The molecule has 2 heterocycles. The third-order valence-electron chi connectivity index (χ3n) is 4.15. The topological polar surface area (TPSA) is 78.1 Å². The van der Waals surface area contributed by atoms with Crippen molar-refractivity contribution in [3.8, 4) is 0 Å². The van der Waals surface area contributed by atoms with E-state index in [-0.39, 0.29) is 11.7 Å². The highest BCUT2D eigenvalue weighted by atomic mass is 32.2. The molecule has 0 unspecified atom stereocenters. The third-order valence-corrected chi connectivity index (χ3v) is 6.16. The van der Waals surface area contributed by atoms with Gasteiger partial charge in [-0.15, -0.1) is 11.3 Å². The van der Waals surface area contributed by atoms with Gasteiger partial charge in [0.25, 0.3) is 0 Å². The average Bonchev–Trinajstić information content (AvgIpc) is 2.95. The fourth-order valence-electron chi connectivity index (χ4n) is 2.93. The molecule has 5 nitrogen and oxygen atoms in total. The smallest absolute Gasteiger partial charge is 0.316 e. The Balaban J connectivity index is 1.64. The van der Waals surface area contributed by atoms with Gasteiger partial charge in [0.1, 0.15) is 10.6 Å². The van der Waals surface area contributed by atoms with Crippen LogP contribution >= 0.6 is 23.1 Å². The second-order valence-electron chi connectivity index (χ2n) is 6.00. The molecule has 0 saturated carbocycles. The summed E-state index contributed by atoms with van der Waals surface area (Å²) >= 11 is 3.02. The van der Waals surface area contributed by atoms with Crippen LogP contribution < -0.4 is 5.73 Å². The molecule has 0 saturated heterocycles. The largest absolute Gasteiger partial charge is 0.465 e. The van der Waals surface area contributed by atoms with Crippen LogP contribution in [-0.4, -0.2) is 28.3 Å². The summed E-state index contributed by atoms with van der Waals surface area (Å²) in [5.74, 6) is 0.546. The number of esters is 1. The minimum Gasteiger partial charge on any atom is -0.465 e. The normalized spacial score (nSPS) is 13.9. The summed E-state index contributed by atoms with van der Waals surface area (Å²) in [6.45, 7) is 2.62. The van der Waals surface area contributed by atoms with E-state index in [4.69, 9.17) is 10.5 Å². The van der Waals surface area contributed by atoms with E-state index in [9.17, 15) is 4.79 Å². The SMILES string of the molecule is CCCCCOC(=O)CSc1nc(N)c2c3c(sc2n1)CCCC3. The molecule has 130 valence electrons. The molecule has 3 rings (SSSR count). The minimum atomic E-state index is -0.219. The number of hydrogen-bond acceptors (Lipinski definition) is 7. The summed E-state index contributed by atoms with van der Waals surface area (Å²) in [6, 6.07) is 0. The molecule has 0 aromatic carbocycles. The molecule has 0 spiro atoms. The number of aromatic nitrogens is 2. The van der Waals surface area contributed by atoms with E-state index in [1.54, 1.807) is 11.3 Å². The van der Waals surface area contributed by atoms with Gasteiger partial charge in [-0.3, -0.25) is 4.79 Å². The van der Waals surface area contributed by atoms with E-state index in [1.807, 2.05) is 0 Å². The highest BCUT2D eigenvalue weighted by Gasteiger charge is 2.20. The van der Waals surface area contributed by atoms with Crippen molar-refractivity contribution in [3.05, 3.63) is 10.4 Å². The van der Waals surface area contributed by atoms with E-state index < -0.39 is 0 Å². The van der Waals surface area contributed by atoms with Crippen LogP contribution in [0.4, 0.5) is 5.82 Å². The van der Waals surface area contributed by atoms with Crippen molar-refractivity contribution in [1.82, 2.24) is 9.97 Å². The zero-order valence-corrected chi connectivity index (χ0v) is 15.6. The lowest BCUT2D eigenvalue weighted by atomic mass is 9.97. The number of unbranched alkanes of at least 4 members (excludes halogenated alkanes) is 2. The first-order valence-electron chi connectivity index (χ1n) is 8.55. The van der Waals surface area contributed by atoms with Crippen molar-refractivity contribution >= 4 is 45.1 Å². The zero-order valence-electron chi connectivity index (χ0n) is 14.0. The molecular weight excluding hydrogens is 342 g/mol. The predicted molar refractivity (Wildman–Crippen MR) is 99.7 cm³/mol. The fourth-order valence-corrected chi connectivity index (χ4v) is 4.91. The van der Waals surface area contributed by atoms with Crippen LogP contribution in [-0.2, 0) is 22.4 Å². The van der Waals surface area contributed by atoms with Crippen molar-refractivity contribution in [1.29, 1.82) is 0 Å². The molecule has 2 aromatic rings. The summed E-state index contributed by atoms with van der Waals surface area (Å²) < 4.78 is 5.21. The van der Waals surface area contributed by atoms with Gasteiger partial charge in [-0.05, 0) is 37.7 Å². The van der Waals surface area contributed by atoms with Crippen LogP contribution in [0.3, 0.4) is 0 Å². The standard InChI is InChI=1S/C17H23N3O2S2/c1-2-3-6-9-22-13(21)10-23-17-19-15(18)14-11-7-4-5-8-12(11)24-16(14)20-17/h2-10H2,1H3,(H2,18,19,20). The van der Waals surface area contributed by atoms with Crippen LogP contribution in [0.2, 0.25) is 0 Å². The molecule has 0 fully saturated rings. The number of hydrogen-bond donors (Lipinski definition) is 1. The molecule has 0 bridgehead atoms. The van der Waals surface area contributed by atoms with Gasteiger partial charge in [-0.25, -0.2) is 9.97 Å². The van der Waals surface area contributed by atoms with E-state index >= 15 is 0 Å². The van der Waals surface area contributed by atoms with E-state index in [0.717, 1.165) is 42.3 Å². The monoisotopic (exact) mass is 365 g/mol. The van der Waals surface area contributed by atoms with Gasteiger partial charge >= 0.3 is 5.97 Å². The lowest BCUT2D eigenvalue weighted by Crippen LogP contribution is -2.09. The second kappa shape index (κ2) is 8.16. The van der Waals surface area contributed by atoms with Gasteiger partial charge in [0, 0.05) is 4.88 Å².